The van der Waals surface area contributed by atoms with E-state index in [1.54, 1.807) is 0 Å². The van der Waals surface area contributed by atoms with Gasteiger partial charge in [0.1, 0.15) is 11.5 Å². The van der Waals surface area contributed by atoms with Gasteiger partial charge in [-0.15, -0.1) is 0 Å². The summed E-state index contributed by atoms with van der Waals surface area (Å²) >= 11 is 0. The van der Waals surface area contributed by atoms with Gasteiger partial charge in [0.05, 0.1) is 29.8 Å². The van der Waals surface area contributed by atoms with Crippen LogP contribution in [-0.2, 0) is 19.2 Å². The van der Waals surface area contributed by atoms with Crippen LogP contribution in [-0.4, -0.2) is 68.6 Å². The van der Waals surface area contributed by atoms with Crippen LogP contribution in [0, 0.1) is 11.8 Å². The third-order valence-corrected chi connectivity index (χ3v) is 7.76. The summed E-state index contributed by atoms with van der Waals surface area (Å²) in [6.07, 6.45) is 1.44. The molecule has 2 amide bonds. The Labute approximate surface area is 213 Å². The number of fused-ring (bicyclic) bond motifs is 3. The van der Waals surface area contributed by atoms with Crippen LogP contribution in [0.1, 0.15) is 62.5 Å². The molecule has 5 atom stereocenters. The summed E-state index contributed by atoms with van der Waals surface area (Å²) in [4.78, 5) is 51.1. The number of aliphatic hydroxyl groups is 3. The van der Waals surface area contributed by atoms with Gasteiger partial charge in [0.15, 0.2) is 11.4 Å². The second kappa shape index (κ2) is 10.2. The Bertz CT molecular complexity index is 1180. The standard InChI is InChI=1S/C26H33N3O8/c1-2-3-4-7-28-11-18(32)29-16-6-5-14-19(25(27)36)15-9-12-8-13(30)10-17(31)26(12,37)24(35)21(15)23(34)20(14)22(16)33/h5-6,12-13,15,19,28,30,33-34,37H,2-4,7-11H2,1H3,(H2,27,36)(H,29,32). The van der Waals surface area contributed by atoms with E-state index in [9.17, 15) is 39.6 Å². The Morgan fingerprint density at radius 3 is 2.57 bits per heavy atom. The lowest BCUT2D eigenvalue weighted by molar-refractivity contribution is -0.167. The van der Waals surface area contributed by atoms with Crippen LogP contribution in [0.5, 0.6) is 5.75 Å². The Kier molecular flexibility index (Phi) is 7.40. The van der Waals surface area contributed by atoms with Crippen molar-refractivity contribution in [2.75, 3.05) is 18.4 Å². The second-order valence-corrected chi connectivity index (χ2v) is 10.2. The monoisotopic (exact) mass is 515 g/mol. The number of phenols is 1. The van der Waals surface area contributed by atoms with E-state index in [1.807, 2.05) is 0 Å². The summed E-state index contributed by atoms with van der Waals surface area (Å²) in [5.41, 5.74) is 2.73. The zero-order valence-corrected chi connectivity index (χ0v) is 20.6. The molecule has 3 aliphatic carbocycles. The number of nitrogens with two attached hydrogens (primary N) is 1. The van der Waals surface area contributed by atoms with Gasteiger partial charge in [-0.25, -0.2) is 0 Å². The SMILES string of the molecule is CCCCCNCC(=O)Nc1ccc2c(c1O)C(O)=C1C(=O)C3(O)C(=O)CC(O)CC3CC1C2C(N)=O. The molecule has 0 saturated heterocycles. The van der Waals surface area contributed by atoms with Gasteiger partial charge < -0.3 is 36.8 Å². The highest BCUT2D eigenvalue weighted by atomic mass is 16.3. The first-order valence-corrected chi connectivity index (χ1v) is 12.6. The predicted octanol–water partition coefficient (Wildman–Crippen LogP) is 0.622. The third-order valence-electron chi connectivity index (χ3n) is 7.76. The zero-order chi connectivity index (χ0) is 27.1. The van der Waals surface area contributed by atoms with Gasteiger partial charge in [0.2, 0.25) is 17.6 Å². The molecule has 8 N–H and O–H groups in total. The van der Waals surface area contributed by atoms with Crippen LogP contribution in [0.15, 0.2) is 17.7 Å². The molecule has 0 bridgehead atoms. The number of aromatic hydroxyl groups is 1. The number of ketones is 2. The molecule has 2 fully saturated rings. The fourth-order valence-electron chi connectivity index (χ4n) is 5.96. The molecule has 1 aromatic carbocycles. The molecule has 11 heteroatoms. The highest BCUT2D eigenvalue weighted by molar-refractivity contribution is 6.22. The lowest BCUT2D eigenvalue weighted by Crippen LogP contribution is -2.62. The van der Waals surface area contributed by atoms with Gasteiger partial charge in [-0.3, -0.25) is 19.2 Å². The summed E-state index contributed by atoms with van der Waals surface area (Å²) in [5, 5.41) is 48.9. The lowest BCUT2D eigenvalue weighted by atomic mass is 9.56. The third kappa shape index (κ3) is 4.51. The van der Waals surface area contributed by atoms with Crippen molar-refractivity contribution in [3.63, 3.8) is 0 Å². The first kappa shape index (κ1) is 26.8. The van der Waals surface area contributed by atoms with E-state index < -0.39 is 70.8 Å². The van der Waals surface area contributed by atoms with E-state index in [2.05, 4.69) is 17.6 Å². The van der Waals surface area contributed by atoms with Crippen molar-refractivity contribution in [2.24, 2.45) is 17.6 Å². The Balaban J connectivity index is 1.71. The van der Waals surface area contributed by atoms with Crippen molar-refractivity contribution in [1.82, 2.24) is 5.32 Å². The average molecular weight is 516 g/mol. The fraction of sp³-hybridized carbons (Fsp3) is 0.538. The molecule has 200 valence electrons. The molecule has 0 aliphatic heterocycles. The molecule has 2 saturated carbocycles. The molecule has 0 aromatic heterocycles. The van der Waals surface area contributed by atoms with Gasteiger partial charge in [-0.05, 0) is 37.4 Å². The van der Waals surface area contributed by atoms with Gasteiger partial charge in [0, 0.05) is 23.8 Å². The summed E-state index contributed by atoms with van der Waals surface area (Å²) < 4.78 is 0. The van der Waals surface area contributed by atoms with Crippen molar-refractivity contribution in [3.8, 4) is 5.75 Å². The molecule has 1 aromatic rings. The van der Waals surface area contributed by atoms with Crippen LogP contribution in [0.4, 0.5) is 5.69 Å². The van der Waals surface area contributed by atoms with Crippen LogP contribution in [0.2, 0.25) is 0 Å². The van der Waals surface area contributed by atoms with E-state index in [1.165, 1.54) is 12.1 Å². The molecule has 0 heterocycles. The maximum Gasteiger partial charge on any atom is 0.238 e. The van der Waals surface area contributed by atoms with E-state index in [-0.39, 0.29) is 41.8 Å². The summed E-state index contributed by atoms with van der Waals surface area (Å²) in [6.45, 7) is 2.70. The van der Waals surface area contributed by atoms with E-state index in [0.29, 0.717) is 6.54 Å². The topological polar surface area (TPSA) is 199 Å². The first-order chi connectivity index (χ1) is 17.5. The van der Waals surface area contributed by atoms with E-state index in [4.69, 9.17) is 5.73 Å². The van der Waals surface area contributed by atoms with Crippen LogP contribution >= 0.6 is 0 Å². The minimum atomic E-state index is -2.45. The second-order valence-electron chi connectivity index (χ2n) is 10.2. The van der Waals surface area contributed by atoms with Crippen molar-refractivity contribution in [2.45, 2.75) is 63.1 Å². The highest BCUT2D eigenvalue weighted by Crippen LogP contribution is 2.55. The normalized spacial score (nSPS) is 28.8. The van der Waals surface area contributed by atoms with Crippen LogP contribution in [0.3, 0.4) is 0 Å². The van der Waals surface area contributed by atoms with Crippen LogP contribution < -0.4 is 16.4 Å². The van der Waals surface area contributed by atoms with Crippen molar-refractivity contribution in [1.29, 1.82) is 0 Å². The van der Waals surface area contributed by atoms with E-state index >= 15 is 0 Å². The number of benzene rings is 1. The molecule has 3 aliphatic rings. The average Bonchev–Trinajstić information content (AvgIpc) is 2.82. The van der Waals surface area contributed by atoms with Gasteiger partial charge in [-0.2, -0.15) is 0 Å². The fourth-order valence-corrected chi connectivity index (χ4v) is 5.96. The predicted molar refractivity (Wildman–Crippen MR) is 132 cm³/mol. The number of rotatable bonds is 8. The number of carbonyl (C=O) groups excluding carboxylic acids is 4. The van der Waals surface area contributed by atoms with Gasteiger partial charge in [-0.1, -0.05) is 25.8 Å². The summed E-state index contributed by atoms with van der Waals surface area (Å²) in [5.74, 6) is -7.53. The number of amides is 2. The largest absolute Gasteiger partial charge is 0.507 e. The van der Waals surface area contributed by atoms with Crippen LogP contribution in [0.25, 0.3) is 5.76 Å². The Morgan fingerprint density at radius 1 is 1.16 bits per heavy atom. The van der Waals surface area contributed by atoms with Gasteiger partial charge >= 0.3 is 0 Å². The van der Waals surface area contributed by atoms with Crippen molar-refractivity contribution < 1.29 is 39.6 Å². The maximum absolute atomic E-state index is 13.5. The molecule has 11 nitrogen and oxygen atoms in total. The number of hydrogen-bond donors (Lipinski definition) is 7. The van der Waals surface area contributed by atoms with E-state index in [0.717, 1.165) is 19.3 Å². The summed E-state index contributed by atoms with van der Waals surface area (Å²) in [7, 11) is 0. The van der Waals surface area contributed by atoms with Crippen molar-refractivity contribution >= 4 is 34.8 Å². The highest BCUT2D eigenvalue weighted by Gasteiger charge is 2.62. The minimum Gasteiger partial charge on any atom is -0.507 e. The molecule has 4 rings (SSSR count). The number of phenolic OH excluding ortho intramolecular Hbond substituents is 1. The van der Waals surface area contributed by atoms with Crippen molar-refractivity contribution in [3.05, 3.63) is 28.8 Å². The lowest BCUT2D eigenvalue weighted by Gasteiger charge is -2.48. The summed E-state index contributed by atoms with van der Waals surface area (Å²) in [6, 6.07) is 2.82. The number of anilines is 1. The first-order valence-electron chi connectivity index (χ1n) is 12.6. The Hall–Kier alpha value is -3.28. The minimum absolute atomic E-state index is 0.0137. The quantitative estimate of drug-likeness (QED) is 0.147. The zero-order valence-electron chi connectivity index (χ0n) is 20.6. The number of Topliss-reactive ketones (excluding diaryl/α,β-unsaturated/α-hetero) is 2. The molecular formula is C26H33N3O8. The smallest absolute Gasteiger partial charge is 0.238 e. The molecule has 0 radical (unpaired) electrons. The number of carbonyl (C=O) groups is 4. The maximum atomic E-state index is 13.5. The molecular weight excluding hydrogens is 482 g/mol. The molecule has 0 spiro atoms. The Morgan fingerprint density at radius 2 is 1.89 bits per heavy atom. The number of hydrogen-bond acceptors (Lipinski definition) is 9. The number of aliphatic hydroxyl groups excluding tert-OH is 2. The number of primary amides is 1. The number of unbranched alkanes of at least 4 members (excludes halogenated alkanes) is 2. The molecule has 5 unspecified atom stereocenters. The molecule has 37 heavy (non-hydrogen) atoms. The number of nitrogens with one attached hydrogen (secondary N) is 2. The van der Waals surface area contributed by atoms with Gasteiger partial charge in [0.25, 0.3) is 0 Å².